The van der Waals surface area contributed by atoms with Gasteiger partial charge in [0, 0.05) is 12.7 Å². The minimum absolute atomic E-state index is 0.144. The molecule has 32 heavy (non-hydrogen) atoms. The Morgan fingerprint density at radius 3 is 2.56 bits per heavy atom. The molecule has 0 saturated carbocycles. The average molecular weight is 442 g/mol. The van der Waals surface area contributed by atoms with E-state index < -0.39 is 23.8 Å². The molecule has 2 aromatic carbocycles. The summed E-state index contributed by atoms with van der Waals surface area (Å²) in [5, 5.41) is 2.93. The minimum atomic E-state index is -0.638. The molecule has 3 rings (SSSR count). The number of amides is 1. The van der Waals surface area contributed by atoms with E-state index in [0.29, 0.717) is 12.2 Å². The molecule has 1 N–H and O–H groups in total. The molecule has 3 atom stereocenters. The first kappa shape index (κ1) is 24.2. The van der Waals surface area contributed by atoms with Crippen LogP contribution in [0.5, 0.6) is 0 Å². The van der Waals surface area contributed by atoms with Crippen LogP contribution >= 0.6 is 0 Å². The summed E-state index contributed by atoms with van der Waals surface area (Å²) in [4.78, 5) is 12.7. The molecular formula is C25H31BF2NO3. The van der Waals surface area contributed by atoms with Gasteiger partial charge in [0.15, 0.2) is 0 Å². The molecule has 2 aromatic rings. The molecule has 0 spiro atoms. The fraction of sp³-hybridized carbons (Fsp3) is 0.480. The molecule has 1 amide bonds. The lowest BCUT2D eigenvalue weighted by Gasteiger charge is -2.32. The van der Waals surface area contributed by atoms with Gasteiger partial charge in [0.1, 0.15) is 25.5 Å². The summed E-state index contributed by atoms with van der Waals surface area (Å²) >= 11 is 0. The predicted octanol–water partition coefficient (Wildman–Crippen LogP) is 5.69. The molecule has 4 nitrogen and oxygen atoms in total. The number of carbonyl (C=O) groups excluding carboxylic acids is 1. The van der Waals surface area contributed by atoms with Crippen LogP contribution in [0.3, 0.4) is 0 Å². The second-order valence-corrected chi connectivity index (χ2v) is 8.31. The Balaban J connectivity index is 1.75. The number of alkyl carbamates (subject to hydrolysis) is 1. The van der Waals surface area contributed by atoms with Crippen LogP contribution < -0.4 is 5.32 Å². The number of carbonyl (C=O) groups is 1. The third kappa shape index (κ3) is 7.62. The van der Waals surface area contributed by atoms with Crippen molar-refractivity contribution in [1.82, 2.24) is 5.32 Å². The van der Waals surface area contributed by atoms with Crippen LogP contribution in [0.4, 0.5) is 13.6 Å². The van der Waals surface area contributed by atoms with Gasteiger partial charge < -0.3 is 14.8 Å². The highest BCUT2D eigenvalue weighted by atomic mass is 19.1. The second kappa shape index (κ2) is 12.6. The zero-order valence-electron chi connectivity index (χ0n) is 18.6. The Hall–Kier alpha value is -2.41. The van der Waals surface area contributed by atoms with Crippen molar-refractivity contribution >= 4 is 13.4 Å². The molecule has 1 saturated heterocycles. The van der Waals surface area contributed by atoms with Crippen LogP contribution in [0.25, 0.3) is 0 Å². The number of rotatable bonds is 11. The largest absolute Gasteiger partial charge is 0.445 e. The molecule has 0 unspecified atom stereocenters. The highest BCUT2D eigenvalue weighted by molar-refractivity contribution is 6.39. The van der Waals surface area contributed by atoms with Gasteiger partial charge in [0.25, 0.3) is 0 Å². The van der Waals surface area contributed by atoms with Gasteiger partial charge in [-0.3, -0.25) is 0 Å². The van der Waals surface area contributed by atoms with Gasteiger partial charge in [-0.2, -0.15) is 0 Å². The quantitative estimate of drug-likeness (QED) is 0.359. The van der Waals surface area contributed by atoms with E-state index in [9.17, 15) is 13.6 Å². The fourth-order valence-electron chi connectivity index (χ4n) is 4.15. The van der Waals surface area contributed by atoms with Gasteiger partial charge in [-0.1, -0.05) is 62.8 Å². The van der Waals surface area contributed by atoms with Crippen molar-refractivity contribution in [1.29, 1.82) is 0 Å². The topological polar surface area (TPSA) is 47.6 Å². The third-order valence-electron chi connectivity index (χ3n) is 5.73. The summed E-state index contributed by atoms with van der Waals surface area (Å²) < 4.78 is 39.3. The Labute approximate surface area is 189 Å². The van der Waals surface area contributed by atoms with Crippen LogP contribution in [0, 0.1) is 11.6 Å². The Morgan fingerprint density at radius 1 is 1.16 bits per heavy atom. The Kier molecular flexibility index (Phi) is 9.53. The maximum atomic E-state index is 13.8. The van der Waals surface area contributed by atoms with Crippen molar-refractivity contribution in [2.24, 2.45) is 0 Å². The number of benzene rings is 2. The predicted molar refractivity (Wildman–Crippen MR) is 122 cm³/mol. The molecule has 7 heteroatoms. The van der Waals surface area contributed by atoms with Gasteiger partial charge in [-0.15, -0.1) is 0 Å². The molecule has 1 heterocycles. The van der Waals surface area contributed by atoms with E-state index in [1.54, 1.807) is 0 Å². The van der Waals surface area contributed by atoms with Crippen molar-refractivity contribution in [3.05, 3.63) is 71.3 Å². The van der Waals surface area contributed by atoms with Gasteiger partial charge in [0.2, 0.25) is 0 Å². The number of halogens is 2. The lowest BCUT2D eigenvalue weighted by molar-refractivity contribution is 0.0179. The molecular weight excluding hydrogens is 411 g/mol. The summed E-state index contributed by atoms with van der Waals surface area (Å²) in [6.07, 6.45) is 4.31. The van der Waals surface area contributed by atoms with Crippen molar-refractivity contribution in [2.45, 2.75) is 69.9 Å². The number of unbranched alkanes of at least 4 members (excludes halogenated alkanes) is 1. The van der Waals surface area contributed by atoms with Crippen molar-refractivity contribution in [2.75, 3.05) is 6.61 Å². The van der Waals surface area contributed by atoms with Gasteiger partial charge in [0.05, 0.1) is 12.1 Å². The van der Waals surface area contributed by atoms with Crippen molar-refractivity contribution in [3.63, 3.8) is 0 Å². The van der Waals surface area contributed by atoms with Crippen LogP contribution in [-0.4, -0.2) is 32.1 Å². The van der Waals surface area contributed by atoms with Crippen LogP contribution in [0.2, 0.25) is 12.1 Å². The van der Waals surface area contributed by atoms with E-state index in [1.807, 2.05) is 30.3 Å². The number of nitrogens with one attached hydrogen (secondary N) is 1. The summed E-state index contributed by atoms with van der Waals surface area (Å²) in [5.74, 6) is -1.10. The number of ether oxygens (including phenoxy) is 2. The third-order valence-corrected chi connectivity index (χ3v) is 5.73. The number of hydrogen-bond acceptors (Lipinski definition) is 3. The summed E-state index contributed by atoms with van der Waals surface area (Å²) in [5.41, 5.74) is 1.35. The Bertz CT molecular complexity index is 826. The maximum Gasteiger partial charge on any atom is 0.407 e. The average Bonchev–Trinajstić information content (AvgIpc) is 3.29. The van der Waals surface area contributed by atoms with E-state index >= 15 is 0 Å². The molecule has 0 aromatic heterocycles. The molecule has 1 aliphatic heterocycles. The van der Waals surface area contributed by atoms with E-state index in [4.69, 9.17) is 9.47 Å². The zero-order chi connectivity index (χ0) is 22.8. The first-order valence-electron chi connectivity index (χ1n) is 11.4. The lowest BCUT2D eigenvalue weighted by atomic mass is 9.63. The monoisotopic (exact) mass is 442 g/mol. The molecule has 0 aliphatic carbocycles. The molecule has 1 aliphatic rings. The highest BCUT2D eigenvalue weighted by Gasteiger charge is 2.34. The van der Waals surface area contributed by atoms with Gasteiger partial charge >= 0.3 is 6.09 Å². The van der Waals surface area contributed by atoms with Crippen LogP contribution in [0.15, 0.2) is 48.5 Å². The second-order valence-electron chi connectivity index (χ2n) is 8.31. The fourth-order valence-corrected chi connectivity index (χ4v) is 4.15. The SMILES string of the molecule is CCCCO[C@H]([C@@H]1[B]CCC1)[C@H](Cc1cc(F)cc(F)c1)NC(=O)OCc1ccccc1. The standard InChI is InChI=1S/C25H31BF2NO3/c1-2-3-12-31-24(22-10-7-11-26-22)23(15-19-13-20(27)16-21(28)14-19)29-25(30)32-17-18-8-5-4-6-9-18/h4-6,8-9,13-14,16,22-24H,2-3,7,10-12,15,17H2,1H3,(H,29,30)/t22-,23+,24-/m1/s1. The normalized spacial score (nSPS) is 17.4. The molecule has 1 radical (unpaired) electrons. The summed E-state index contributed by atoms with van der Waals surface area (Å²) in [6, 6.07) is 12.4. The summed E-state index contributed by atoms with van der Waals surface area (Å²) in [6.45, 7) is 2.80. The van der Waals surface area contributed by atoms with E-state index in [2.05, 4.69) is 19.5 Å². The van der Waals surface area contributed by atoms with Gasteiger partial charge in [-0.05, 0) is 41.9 Å². The molecule has 0 bridgehead atoms. The molecule has 171 valence electrons. The van der Waals surface area contributed by atoms with E-state index in [-0.39, 0.29) is 24.9 Å². The lowest BCUT2D eigenvalue weighted by Crippen LogP contribution is -2.48. The van der Waals surface area contributed by atoms with Gasteiger partial charge in [-0.25, -0.2) is 13.6 Å². The smallest absolute Gasteiger partial charge is 0.407 e. The van der Waals surface area contributed by atoms with Crippen LogP contribution in [0.1, 0.15) is 43.7 Å². The van der Waals surface area contributed by atoms with Crippen LogP contribution in [-0.2, 0) is 22.5 Å². The Morgan fingerprint density at radius 2 is 1.91 bits per heavy atom. The molecule has 1 fully saturated rings. The highest BCUT2D eigenvalue weighted by Crippen LogP contribution is 2.32. The minimum Gasteiger partial charge on any atom is -0.445 e. The van der Waals surface area contributed by atoms with Crippen molar-refractivity contribution in [3.8, 4) is 0 Å². The first-order chi connectivity index (χ1) is 15.5. The van der Waals surface area contributed by atoms with Crippen molar-refractivity contribution < 1.29 is 23.0 Å². The van der Waals surface area contributed by atoms with E-state index in [0.717, 1.165) is 43.6 Å². The first-order valence-corrected chi connectivity index (χ1v) is 11.4. The zero-order valence-corrected chi connectivity index (χ0v) is 18.6. The van der Waals surface area contributed by atoms with E-state index in [1.165, 1.54) is 12.1 Å². The maximum absolute atomic E-state index is 13.8. The summed E-state index contributed by atoms with van der Waals surface area (Å²) in [7, 11) is 2.23. The number of hydrogen-bond donors (Lipinski definition) is 1.